The first-order chi connectivity index (χ1) is 13.2. The minimum Gasteiger partial charge on any atom is -0.494 e. The summed E-state index contributed by atoms with van der Waals surface area (Å²) in [5.74, 6) is 1.51. The van der Waals surface area contributed by atoms with Gasteiger partial charge in [0.2, 0.25) is 17.8 Å². The van der Waals surface area contributed by atoms with Crippen molar-refractivity contribution in [1.82, 2.24) is 15.5 Å². The summed E-state index contributed by atoms with van der Waals surface area (Å²) >= 11 is 0. The second-order valence-corrected chi connectivity index (χ2v) is 7.48. The third kappa shape index (κ3) is 4.40. The van der Waals surface area contributed by atoms with Crippen molar-refractivity contribution in [2.45, 2.75) is 57.5 Å². The first-order valence-electron chi connectivity index (χ1n) is 9.86. The summed E-state index contributed by atoms with van der Waals surface area (Å²) in [5.41, 5.74) is 1.91. The molecular formula is C20H26N4O3. The van der Waals surface area contributed by atoms with Crippen LogP contribution in [0, 0.1) is 0 Å². The number of nitrogens with zero attached hydrogens (tertiary/aromatic N) is 2. The summed E-state index contributed by atoms with van der Waals surface area (Å²) in [7, 11) is 0. The Kier molecular flexibility index (Phi) is 5.27. The van der Waals surface area contributed by atoms with Gasteiger partial charge in [0.1, 0.15) is 12.3 Å². The zero-order valence-corrected chi connectivity index (χ0v) is 15.5. The lowest BCUT2D eigenvalue weighted by Gasteiger charge is -2.23. The van der Waals surface area contributed by atoms with E-state index in [-0.39, 0.29) is 11.8 Å². The summed E-state index contributed by atoms with van der Waals surface area (Å²) < 4.78 is 5.82. The predicted octanol–water partition coefficient (Wildman–Crippen LogP) is 2.23. The highest BCUT2D eigenvalue weighted by Crippen LogP contribution is 2.30. The van der Waals surface area contributed by atoms with E-state index < -0.39 is 0 Å². The molecule has 0 atom stereocenters. The highest BCUT2D eigenvalue weighted by atomic mass is 16.5. The van der Waals surface area contributed by atoms with Gasteiger partial charge in [-0.05, 0) is 37.5 Å². The highest BCUT2D eigenvalue weighted by Gasteiger charge is 2.29. The van der Waals surface area contributed by atoms with Crippen molar-refractivity contribution in [3.8, 4) is 5.75 Å². The Morgan fingerprint density at radius 1 is 1.26 bits per heavy atom. The van der Waals surface area contributed by atoms with Crippen molar-refractivity contribution < 1.29 is 14.3 Å². The van der Waals surface area contributed by atoms with Crippen LogP contribution in [0.3, 0.4) is 0 Å². The molecule has 2 aliphatic heterocycles. The van der Waals surface area contributed by atoms with Crippen LogP contribution >= 0.6 is 0 Å². The quantitative estimate of drug-likeness (QED) is 0.752. The van der Waals surface area contributed by atoms with Crippen LogP contribution in [0.25, 0.3) is 0 Å². The summed E-state index contributed by atoms with van der Waals surface area (Å²) in [6.07, 6.45) is 7.15. The van der Waals surface area contributed by atoms with Gasteiger partial charge in [-0.1, -0.05) is 19.3 Å². The molecule has 1 saturated heterocycles. The van der Waals surface area contributed by atoms with Crippen LogP contribution in [-0.2, 0) is 16.1 Å². The maximum atomic E-state index is 12.0. The molecular weight excluding hydrogens is 344 g/mol. The molecule has 0 unspecified atom stereocenters. The Balaban J connectivity index is 1.23. The van der Waals surface area contributed by atoms with E-state index in [9.17, 15) is 9.59 Å². The Bertz CT molecular complexity index is 756. The van der Waals surface area contributed by atoms with Gasteiger partial charge in [-0.15, -0.1) is 0 Å². The zero-order chi connectivity index (χ0) is 18.6. The van der Waals surface area contributed by atoms with Crippen LogP contribution in [0.2, 0.25) is 0 Å². The van der Waals surface area contributed by atoms with Crippen LogP contribution < -0.4 is 15.4 Å². The normalized spacial score (nSPS) is 19.0. The fourth-order valence-electron chi connectivity index (χ4n) is 3.90. The first-order valence-corrected chi connectivity index (χ1v) is 9.86. The lowest BCUT2D eigenvalue weighted by atomic mass is 9.95. The second kappa shape index (κ2) is 7.98. The Morgan fingerprint density at radius 2 is 2.11 bits per heavy atom. The third-order valence-electron chi connectivity index (χ3n) is 5.31. The average molecular weight is 370 g/mol. The molecule has 2 amide bonds. The van der Waals surface area contributed by atoms with E-state index >= 15 is 0 Å². The molecule has 27 heavy (non-hydrogen) atoms. The van der Waals surface area contributed by atoms with E-state index in [4.69, 9.17) is 4.74 Å². The van der Waals surface area contributed by atoms with Gasteiger partial charge in [-0.3, -0.25) is 14.9 Å². The topological polar surface area (TPSA) is 83.0 Å². The van der Waals surface area contributed by atoms with Crippen molar-refractivity contribution in [2.24, 2.45) is 4.99 Å². The number of guanidine groups is 1. The molecule has 1 aliphatic carbocycles. The molecule has 2 fully saturated rings. The van der Waals surface area contributed by atoms with E-state index in [0.29, 0.717) is 44.5 Å². The number of nitrogens with one attached hydrogen (secondary N) is 2. The minimum atomic E-state index is -0.0236. The van der Waals surface area contributed by atoms with Gasteiger partial charge in [0.25, 0.3) is 0 Å². The lowest BCUT2D eigenvalue weighted by Crippen LogP contribution is -2.36. The number of benzene rings is 1. The number of carbonyl (C=O) groups is 2. The molecule has 4 rings (SSSR count). The predicted molar refractivity (Wildman–Crippen MR) is 102 cm³/mol. The molecule has 3 aliphatic rings. The number of ether oxygens (including phenoxy) is 1. The van der Waals surface area contributed by atoms with Crippen molar-refractivity contribution in [3.63, 3.8) is 0 Å². The van der Waals surface area contributed by atoms with Gasteiger partial charge < -0.3 is 15.0 Å². The van der Waals surface area contributed by atoms with E-state index in [1.165, 1.54) is 19.3 Å². The lowest BCUT2D eigenvalue weighted by molar-refractivity contribution is -0.122. The largest absolute Gasteiger partial charge is 0.494 e. The Labute approximate surface area is 159 Å². The zero-order valence-electron chi connectivity index (χ0n) is 15.5. The summed E-state index contributed by atoms with van der Waals surface area (Å²) in [6, 6.07) is 6.14. The molecule has 144 valence electrons. The van der Waals surface area contributed by atoms with Gasteiger partial charge in [0.15, 0.2) is 0 Å². The van der Waals surface area contributed by atoms with Gasteiger partial charge in [-0.2, -0.15) is 0 Å². The van der Waals surface area contributed by atoms with Gasteiger partial charge in [0.05, 0.1) is 12.3 Å². The Hall–Kier alpha value is -2.57. The maximum absolute atomic E-state index is 12.0. The fourth-order valence-corrected chi connectivity index (χ4v) is 3.90. The van der Waals surface area contributed by atoms with Crippen molar-refractivity contribution >= 4 is 23.5 Å². The standard InChI is InChI=1S/C20H26N4O3/c25-18(21-15-5-2-1-3-6-15)7-4-10-27-16-8-9-17-14(11-16)12-24-13-19(26)23-20(24)22-17/h8-9,11,15H,1-7,10,12-13H2,(H,21,25)(H,22,23,26). The number of hydrogen-bond acceptors (Lipinski definition) is 5. The number of aliphatic imine (C=N–C) groups is 1. The maximum Gasteiger partial charge on any atom is 0.246 e. The number of amides is 2. The molecule has 7 nitrogen and oxygen atoms in total. The molecule has 2 N–H and O–H groups in total. The van der Waals surface area contributed by atoms with Crippen LogP contribution in [0.4, 0.5) is 5.69 Å². The number of rotatable bonds is 6. The third-order valence-corrected chi connectivity index (χ3v) is 5.31. The van der Waals surface area contributed by atoms with Crippen molar-refractivity contribution in [3.05, 3.63) is 23.8 Å². The molecule has 1 saturated carbocycles. The highest BCUT2D eigenvalue weighted by molar-refractivity contribution is 6.05. The first kappa shape index (κ1) is 17.8. The van der Waals surface area contributed by atoms with Crippen molar-refractivity contribution in [2.75, 3.05) is 13.2 Å². The molecule has 1 aromatic carbocycles. The molecule has 2 heterocycles. The van der Waals surface area contributed by atoms with Gasteiger partial charge in [-0.25, -0.2) is 4.99 Å². The van der Waals surface area contributed by atoms with Crippen LogP contribution in [-0.4, -0.2) is 41.9 Å². The number of hydrogen-bond donors (Lipinski definition) is 2. The smallest absolute Gasteiger partial charge is 0.246 e. The second-order valence-electron chi connectivity index (χ2n) is 7.48. The fraction of sp³-hybridized carbons (Fsp3) is 0.550. The minimum absolute atomic E-state index is 0.0236. The molecule has 0 radical (unpaired) electrons. The summed E-state index contributed by atoms with van der Waals surface area (Å²) in [4.78, 5) is 29.9. The summed E-state index contributed by atoms with van der Waals surface area (Å²) in [6.45, 7) is 1.50. The summed E-state index contributed by atoms with van der Waals surface area (Å²) in [5, 5.41) is 5.90. The van der Waals surface area contributed by atoms with Crippen LogP contribution in [0.1, 0.15) is 50.5 Å². The molecule has 1 aromatic rings. The Morgan fingerprint density at radius 3 is 2.96 bits per heavy atom. The van der Waals surface area contributed by atoms with Crippen molar-refractivity contribution in [1.29, 1.82) is 0 Å². The van der Waals surface area contributed by atoms with Gasteiger partial charge in [0, 0.05) is 24.6 Å². The molecule has 0 bridgehead atoms. The van der Waals surface area contributed by atoms with Crippen LogP contribution in [0.15, 0.2) is 23.2 Å². The van der Waals surface area contributed by atoms with E-state index in [2.05, 4.69) is 15.6 Å². The average Bonchev–Trinajstić information content (AvgIpc) is 3.03. The van der Waals surface area contributed by atoms with Gasteiger partial charge >= 0.3 is 0 Å². The van der Waals surface area contributed by atoms with Crippen LogP contribution in [0.5, 0.6) is 5.75 Å². The number of carbonyl (C=O) groups excluding carboxylic acids is 2. The monoisotopic (exact) mass is 370 g/mol. The SMILES string of the molecule is O=C1CN2Cc3cc(OCCCC(=O)NC4CCCCC4)ccc3N=C2N1. The number of fused-ring (bicyclic) bond motifs is 2. The molecule has 0 aromatic heterocycles. The van der Waals surface area contributed by atoms with E-state index in [1.807, 2.05) is 23.1 Å². The van der Waals surface area contributed by atoms with E-state index in [0.717, 1.165) is 29.8 Å². The molecule has 0 spiro atoms. The molecule has 7 heteroatoms. The van der Waals surface area contributed by atoms with E-state index in [1.54, 1.807) is 0 Å².